The van der Waals surface area contributed by atoms with Crippen molar-refractivity contribution in [2.24, 2.45) is 0 Å². The summed E-state index contributed by atoms with van der Waals surface area (Å²) < 4.78 is 0. The Labute approximate surface area is 137 Å². The first-order valence-electron chi connectivity index (χ1n) is 7.24. The van der Waals surface area contributed by atoms with E-state index in [2.05, 4.69) is 5.32 Å². The molecule has 0 saturated carbocycles. The first kappa shape index (κ1) is 21.4. The lowest BCUT2D eigenvalue weighted by Crippen LogP contribution is -2.49. The van der Waals surface area contributed by atoms with Crippen molar-refractivity contribution in [3.8, 4) is 0 Å². The van der Waals surface area contributed by atoms with Gasteiger partial charge in [0.15, 0.2) is 0 Å². The predicted octanol–water partition coefficient (Wildman–Crippen LogP) is 0.301. The van der Waals surface area contributed by atoms with E-state index in [-0.39, 0.29) is 25.7 Å². The maximum Gasteiger partial charge on any atom is 0.303 e. The number of carbonyl (C=O) groups is 5. The Morgan fingerprint density at radius 3 is 1.21 bits per heavy atom. The standard InChI is InChI=1S/C14H21NO9/c16-9(1-2-10(17)18)15-14(6-3-11(19)20,7-4-12(21)22)8-5-13(23)24/h1-8H2,(H,15,16)(H,17,18)(H,19,20)(H,21,22)(H,23,24). The predicted molar refractivity (Wildman–Crippen MR) is 78.4 cm³/mol. The molecule has 10 nitrogen and oxygen atoms in total. The van der Waals surface area contributed by atoms with Crippen molar-refractivity contribution in [3.05, 3.63) is 0 Å². The van der Waals surface area contributed by atoms with E-state index in [1.54, 1.807) is 0 Å². The van der Waals surface area contributed by atoms with E-state index in [4.69, 9.17) is 20.4 Å². The molecular weight excluding hydrogens is 326 g/mol. The molecule has 0 atom stereocenters. The van der Waals surface area contributed by atoms with Crippen LogP contribution in [0.1, 0.15) is 51.4 Å². The molecule has 0 aromatic rings. The summed E-state index contributed by atoms with van der Waals surface area (Å²) in [5, 5.41) is 37.5. The van der Waals surface area contributed by atoms with Crippen LogP contribution in [0, 0.1) is 0 Å². The second-order valence-electron chi connectivity index (χ2n) is 5.40. The smallest absolute Gasteiger partial charge is 0.303 e. The van der Waals surface area contributed by atoms with E-state index in [1.807, 2.05) is 0 Å². The van der Waals surface area contributed by atoms with Crippen LogP contribution in [-0.2, 0) is 24.0 Å². The highest BCUT2D eigenvalue weighted by atomic mass is 16.4. The molecule has 5 N–H and O–H groups in total. The molecule has 0 aliphatic rings. The fourth-order valence-corrected chi connectivity index (χ4v) is 2.18. The fourth-order valence-electron chi connectivity index (χ4n) is 2.18. The molecule has 0 bridgehead atoms. The van der Waals surface area contributed by atoms with Gasteiger partial charge in [-0.2, -0.15) is 0 Å². The molecule has 0 unspecified atom stereocenters. The van der Waals surface area contributed by atoms with Crippen molar-refractivity contribution >= 4 is 29.8 Å². The second kappa shape index (κ2) is 10.2. The summed E-state index contributed by atoms with van der Waals surface area (Å²) >= 11 is 0. The molecule has 1 amide bonds. The lowest BCUT2D eigenvalue weighted by molar-refractivity contribution is -0.139. The summed E-state index contributed by atoms with van der Waals surface area (Å²) in [4.78, 5) is 54.8. The van der Waals surface area contributed by atoms with E-state index in [0.717, 1.165) is 0 Å². The average molecular weight is 347 g/mol. The average Bonchev–Trinajstić information content (AvgIpc) is 2.46. The van der Waals surface area contributed by atoms with Crippen molar-refractivity contribution in [1.82, 2.24) is 5.32 Å². The minimum Gasteiger partial charge on any atom is -0.481 e. The number of rotatable bonds is 13. The van der Waals surface area contributed by atoms with Crippen LogP contribution >= 0.6 is 0 Å². The summed E-state index contributed by atoms with van der Waals surface area (Å²) in [6, 6.07) is 0. The van der Waals surface area contributed by atoms with Gasteiger partial charge in [-0.15, -0.1) is 0 Å². The van der Waals surface area contributed by atoms with Gasteiger partial charge in [0, 0.05) is 31.2 Å². The highest BCUT2D eigenvalue weighted by Crippen LogP contribution is 2.26. The number of amides is 1. The Morgan fingerprint density at radius 2 is 0.917 bits per heavy atom. The third-order valence-electron chi connectivity index (χ3n) is 3.42. The van der Waals surface area contributed by atoms with E-state index in [1.165, 1.54) is 0 Å². The van der Waals surface area contributed by atoms with Crippen LogP contribution < -0.4 is 5.32 Å². The number of aliphatic carboxylic acids is 4. The Morgan fingerprint density at radius 1 is 0.583 bits per heavy atom. The van der Waals surface area contributed by atoms with Gasteiger partial charge in [-0.25, -0.2) is 0 Å². The van der Waals surface area contributed by atoms with Crippen molar-refractivity contribution in [3.63, 3.8) is 0 Å². The normalized spacial score (nSPS) is 10.8. The van der Waals surface area contributed by atoms with E-state index < -0.39 is 61.0 Å². The SMILES string of the molecule is O=C(O)CCC(=O)NC(CCC(=O)O)(CCC(=O)O)CCC(=O)O. The molecule has 24 heavy (non-hydrogen) atoms. The summed E-state index contributed by atoms with van der Waals surface area (Å²) in [6.45, 7) is 0. The third kappa shape index (κ3) is 10.1. The van der Waals surface area contributed by atoms with Gasteiger partial charge in [0.2, 0.25) is 5.91 Å². The molecule has 0 aromatic heterocycles. The number of hydrogen-bond donors (Lipinski definition) is 5. The van der Waals surface area contributed by atoms with Crippen LogP contribution in [0.5, 0.6) is 0 Å². The van der Waals surface area contributed by atoms with Crippen LogP contribution in [0.25, 0.3) is 0 Å². The molecule has 136 valence electrons. The van der Waals surface area contributed by atoms with Gasteiger partial charge in [-0.05, 0) is 19.3 Å². The van der Waals surface area contributed by atoms with Gasteiger partial charge in [0.05, 0.1) is 6.42 Å². The zero-order valence-electron chi connectivity index (χ0n) is 13.0. The lowest BCUT2D eigenvalue weighted by atomic mass is 9.83. The zero-order chi connectivity index (χ0) is 18.8. The first-order valence-corrected chi connectivity index (χ1v) is 7.24. The summed E-state index contributed by atoms with van der Waals surface area (Å²) in [5.74, 6) is -5.42. The number of carboxylic acid groups (broad SMARTS) is 4. The summed E-state index contributed by atoms with van der Waals surface area (Å²) in [6.07, 6.45) is -2.44. The van der Waals surface area contributed by atoms with Gasteiger partial charge >= 0.3 is 23.9 Å². The van der Waals surface area contributed by atoms with Gasteiger partial charge in [0.1, 0.15) is 0 Å². The molecule has 0 aromatic carbocycles. The Balaban J connectivity index is 5.20. The molecule has 0 spiro atoms. The second-order valence-corrected chi connectivity index (χ2v) is 5.40. The van der Waals surface area contributed by atoms with Gasteiger partial charge < -0.3 is 25.7 Å². The summed E-state index contributed by atoms with van der Waals surface area (Å²) in [5.41, 5.74) is -1.33. The Kier molecular flexibility index (Phi) is 9.06. The minimum absolute atomic E-state index is 0.151. The van der Waals surface area contributed by atoms with E-state index >= 15 is 0 Å². The topological polar surface area (TPSA) is 178 Å². The van der Waals surface area contributed by atoms with Crippen molar-refractivity contribution in [1.29, 1.82) is 0 Å². The molecule has 0 radical (unpaired) electrons. The number of nitrogens with one attached hydrogen (secondary N) is 1. The van der Waals surface area contributed by atoms with Crippen LogP contribution in [0.15, 0.2) is 0 Å². The molecule has 10 heteroatoms. The number of carbonyl (C=O) groups excluding carboxylic acids is 1. The highest BCUT2D eigenvalue weighted by Gasteiger charge is 2.33. The lowest BCUT2D eigenvalue weighted by Gasteiger charge is -2.34. The zero-order valence-corrected chi connectivity index (χ0v) is 13.0. The largest absolute Gasteiger partial charge is 0.481 e. The van der Waals surface area contributed by atoms with Gasteiger partial charge in [-0.1, -0.05) is 0 Å². The molecule has 0 aliphatic carbocycles. The fraction of sp³-hybridized carbons (Fsp3) is 0.643. The van der Waals surface area contributed by atoms with Gasteiger partial charge in [-0.3, -0.25) is 24.0 Å². The maximum absolute atomic E-state index is 11.9. The number of carboxylic acids is 4. The summed E-state index contributed by atoms with van der Waals surface area (Å²) in [7, 11) is 0. The minimum atomic E-state index is -1.33. The number of hydrogen-bond acceptors (Lipinski definition) is 5. The van der Waals surface area contributed by atoms with E-state index in [9.17, 15) is 24.0 Å². The highest BCUT2D eigenvalue weighted by molar-refractivity contribution is 5.81. The van der Waals surface area contributed by atoms with Crippen molar-refractivity contribution < 1.29 is 44.4 Å². The quantitative estimate of drug-likeness (QED) is 0.313. The molecule has 0 heterocycles. The maximum atomic E-state index is 11.9. The Bertz CT molecular complexity index is 455. The molecule has 0 saturated heterocycles. The van der Waals surface area contributed by atoms with Crippen LogP contribution in [0.2, 0.25) is 0 Å². The van der Waals surface area contributed by atoms with E-state index in [0.29, 0.717) is 0 Å². The molecular formula is C14H21NO9. The van der Waals surface area contributed by atoms with Crippen molar-refractivity contribution in [2.45, 2.75) is 56.9 Å². The first-order chi connectivity index (χ1) is 11.1. The van der Waals surface area contributed by atoms with Crippen LogP contribution in [0.4, 0.5) is 0 Å². The monoisotopic (exact) mass is 347 g/mol. The molecule has 0 aliphatic heterocycles. The molecule has 0 fully saturated rings. The third-order valence-corrected chi connectivity index (χ3v) is 3.42. The molecule has 0 rings (SSSR count). The van der Waals surface area contributed by atoms with Crippen LogP contribution in [-0.4, -0.2) is 55.7 Å². The van der Waals surface area contributed by atoms with Gasteiger partial charge in [0.25, 0.3) is 0 Å². The van der Waals surface area contributed by atoms with Crippen molar-refractivity contribution in [2.75, 3.05) is 0 Å². The Hall–Kier alpha value is -2.65. The van der Waals surface area contributed by atoms with Crippen LogP contribution in [0.3, 0.4) is 0 Å².